The second kappa shape index (κ2) is 4.98. The maximum absolute atomic E-state index is 5.94. The van der Waals surface area contributed by atoms with Gasteiger partial charge in [-0.1, -0.05) is 22.0 Å². The van der Waals surface area contributed by atoms with Crippen LogP contribution in [0, 0.1) is 0 Å². The minimum Gasteiger partial charge on any atom is -0.362 e. The lowest BCUT2D eigenvalue weighted by Crippen LogP contribution is -2.33. The van der Waals surface area contributed by atoms with Crippen molar-refractivity contribution in [2.45, 2.75) is 26.1 Å². The molecule has 0 aliphatic carbocycles. The SMILES string of the molecule is C[C@H](N)c1ccc(N2CCn3ccnc3C2)cc1Br. The first kappa shape index (κ1) is 12.7. The molecule has 1 aliphatic heterocycles. The van der Waals surface area contributed by atoms with E-state index in [0.29, 0.717) is 0 Å². The van der Waals surface area contributed by atoms with Crippen LogP contribution in [0.2, 0.25) is 0 Å². The standard InChI is InChI=1S/C14H17BrN4/c1-10(16)12-3-2-11(8-13(12)15)19-7-6-18-5-4-17-14(18)9-19/h2-5,8,10H,6-7,9,16H2,1H3/t10-/m0/s1. The topological polar surface area (TPSA) is 47.1 Å². The van der Waals surface area contributed by atoms with Crippen molar-refractivity contribution in [3.8, 4) is 0 Å². The number of rotatable bonds is 2. The van der Waals surface area contributed by atoms with Crippen molar-refractivity contribution in [1.82, 2.24) is 9.55 Å². The third-order valence-corrected chi connectivity index (χ3v) is 4.27. The molecule has 1 aliphatic rings. The lowest BCUT2D eigenvalue weighted by molar-refractivity contribution is 0.560. The highest BCUT2D eigenvalue weighted by Gasteiger charge is 2.17. The fourth-order valence-electron chi connectivity index (χ4n) is 2.48. The fraction of sp³-hybridized carbons (Fsp3) is 0.357. The predicted molar refractivity (Wildman–Crippen MR) is 80.0 cm³/mol. The molecule has 0 saturated carbocycles. The minimum atomic E-state index is 0.0451. The van der Waals surface area contributed by atoms with Gasteiger partial charge >= 0.3 is 0 Å². The molecule has 0 amide bonds. The van der Waals surface area contributed by atoms with Crippen molar-refractivity contribution >= 4 is 21.6 Å². The Bertz CT molecular complexity index is 591. The molecule has 4 nitrogen and oxygen atoms in total. The van der Waals surface area contributed by atoms with Gasteiger partial charge in [0.15, 0.2) is 0 Å². The molecule has 2 N–H and O–H groups in total. The second-order valence-corrected chi connectivity index (χ2v) is 5.81. The maximum Gasteiger partial charge on any atom is 0.128 e. The van der Waals surface area contributed by atoms with Gasteiger partial charge in [0.25, 0.3) is 0 Å². The van der Waals surface area contributed by atoms with Gasteiger partial charge in [-0.2, -0.15) is 0 Å². The summed E-state index contributed by atoms with van der Waals surface area (Å²) in [5.74, 6) is 1.12. The zero-order valence-electron chi connectivity index (χ0n) is 10.9. The van der Waals surface area contributed by atoms with Crippen LogP contribution < -0.4 is 10.6 Å². The molecule has 2 heterocycles. The molecule has 1 atom stereocenters. The molecular formula is C14H17BrN4. The van der Waals surface area contributed by atoms with Gasteiger partial charge < -0.3 is 15.2 Å². The van der Waals surface area contributed by atoms with E-state index in [1.807, 2.05) is 19.3 Å². The summed E-state index contributed by atoms with van der Waals surface area (Å²) in [6.45, 7) is 4.85. The number of fused-ring (bicyclic) bond motifs is 1. The highest BCUT2D eigenvalue weighted by Crippen LogP contribution is 2.29. The predicted octanol–water partition coefficient (Wildman–Crippen LogP) is 2.69. The lowest BCUT2D eigenvalue weighted by Gasteiger charge is -2.30. The molecular weight excluding hydrogens is 304 g/mol. The van der Waals surface area contributed by atoms with E-state index in [0.717, 1.165) is 35.5 Å². The van der Waals surface area contributed by atoms with Crippen LogP contribution in [-0.4, -0.2) is 16.1 Å². The second-order valence-electron chi connectivity index (χ2n) is 4.95. The van der Waals surface area contributed by atoms with Crippen molar-refractivity contribution in [2.75, 3.05) is 11.4 Å². The van der Waals surface area contributed by atoms with Crippen molar-refractivity contribution in [3.63, 3.8) is 0 Å². The Hall–Kier alpha value is -1.33. The van der Waals surface area contributed by atoms with Gasteiger partial charge in [0.05, 0.1) is 6.54 Å². The monoisotopic (exact) mass is 320 g/mol. The summed E-state index contributed by atoms with van der Waals surface area (Å²) in [4.78, 5) is 6.74. The third-order valence-electron chi connectivity index (χ3n) is 3.58. The molecule has 100 valence electrons. The average molecular weight is 321 g/mol. The normalized spacial score (nSPS) is 16.3. The number of aromatic nitrogens is 2. The summed E-state index contributed by atoms with van der Waals surface area (Å²) in [7, 11) is 0. The van der Waals surface area contributed by atoms with E-state index in [1.165, 1.54) is 5.69 Å². The number of halogens is 1. The number of anilines is 1. The molecule has 0 fully saturated rings. The van der Waals surface area contributed by atoms with Gasteiger partial charge in [-0.25, -0.2) is 4.98 Å². The Morgan fingerprint density at radius 1 is 1.37 bits per heavy atom. The summed E-state index contributed by atoms with van der Waals surface area (Å²) in [5, 5.41) is 0. The number of nitrogens with zero attached hydrogens (tertiary/aromatic N) is 3. The van der Waals surface area contributed by atoms with Crippen LogP contribution in [-0.2, 0) is 13.1 Å². The van der Waals surface area contributed by atoms with Crippen molar-refractivity contribution < 1.29 is 0 Å². The summed E-state index contributed by atoms with van der Waals surface area (Å²) < 4.78 is 3.29. The van der Waals surface area contributed by atoms with Gasteiger partial charge in [0.2, 0.25) is 0 Å². The molecule has 0 unspecified atom stereocenters. The molecule has 5 heteroatoms. The zero-order chi connectivity index (χ0) is 13.4. The highest BCUT2D eigenvalue weighted by molar-refractivity contribution is 9.10. The molecule has 19 heavy (non-hydrogen) atoms. The van der Waals surface area contributed by atoms with Crippen LogP contribution >= 0.6 is 15.9 Å². The fourth-order valence-corrected chi connectivity index (χ4v) is 3.20. The van der Waals surface area contributed by atoms with E-state index in [4.69, 9.17) is 5.73 Å². The Morgan fingerprint density at radius 3 is 2.95 bits per heavy atom. The molecule has 2 aromatic rings. The van der Waals surface area contributed by atoms with Gasteiger partial charge in [-0.15, -0.1) is 0 Å². The Balaban J connectivity index is 1.86. The van der Waals surface area contributed by atoms with Gasteiger partial charge in [0.1, 0.15) is 5.82 Å². The lowest BCUT2D eigenvalue weighted by atomic mass is 10.1. The highest BCUT2D eigenvalue weighted by atomic mass is 79.9. The molecule has 3 rings (SSSR count). The van der Waals surface area contributed by atoms with E-state index in [2.05, 4.69) is 48.6 Å². The maximum atomic E-state index is 5.94. The summed E-state index contributed by atoms with van der Waals surface area (Å²) >= 11 is 3.61. The van der Waals surface area contributed by atoms with Crippen LogP contribution in [0.4, 0.5) is 5.69 Å². The van der Waals surface area contributed by atoms with E-state index in [9.17, 15) is 0 Å². The first-order valence-corrected chi connectivity index (χ1v) is 7.24. The molecule has 1 aromatic heterocycles. The number of nitrogens with two attached hydrogens (primary N) is 1. The summed E-state index contributed by atoms with van der Waals surface area (Å²) in [6.07, 6.45) is 3.91. The zero-order valence-corrected chi connectivity index (χ0v) is 12.5. The number of hydrogen-bond acceptors (Lipinski definition) is 3. The number of hydrogen-bond donors (Lipinski definition) is 1. The van der Waals surface area contributed by atoms with E-state index < -0.39 is 0 Å². The van der Waals surface area contributed by atoms with Crippen LogP contribution in [0.5, 0.6) is 0 Å². The molecule has 0 radical (unpaired) electrons. The Kier molecular flexibility index (Phi) is 3.33. The average Bonchev–Trinajstić information content (AvgIpc) is 2.85. The van der Waals surface area contributed by atoms with Crippen molar-refractivity contribution in [2.24, 2.45) is 5.73 Å². The van der Waals surface area contributed by atoms with Crippen LogP contribution in [0.25, 0.3) is 0 Å². The molecule has 0 saturated heterocycles. The summed E-state index contributed by atoms with van der Waals surface area (Å²) in [6, 6.07) is 6.44. The van der Waals surface area contributed by atoms with E-state index in [-0.39, 0.29) is 6.04 Å². The molecule has 0 bridgehead atoms. The van der Waals surface area contributed by atoms with Crippen LogP contribution in [0.1, 0.15) is 24.4 Å². The molecule has 0 spiro atoms. The minimum absolute atomic E-state index is 0.0451. The van der Waals surface area contributed by atoms with Crippen molar-refractivity contribution in [1.29, 1.82) is 0 Å². The number of benzene rings is 1. The summed E-state index contributed by atoms with van der Waals surface area (Å²) in [5.41, 5.74) is 8.29. The van der Waals surface area contributed by atoms with Gasteiger partial charge in [0, 0.05) is 41.7 Å². The van der Waals surface area contributed by atoms with E-state index in [1.54, 1.807) is 0 Å². The van der Waals surface area contributed by atoms with Gasteiger partial charge in [-0.3, -0.25) is 0 Å². The number of imidazole rings is 1. The quantitative estimate of drug-likeness (QED) is 0.925. The Morgan fingerprint density at radius 2 is 2.21 bits per heavy atom. The van der Waals surface area contributed by atoms with E-state index >= 15 is 0 Å². The third kappa shape index (κ3) is 2.40. The smallest absolute Gasteiger partial charge is 0.128 e. The first-order valence-electron chi connectivity index (χ1n) is 6.45. The Labute approximate surface area is 121 Å². The molecule has 1 aromatic carbocycles. The van der Waals surface area contributed by atoms with Gasteiger partial charge in [-0.05, 0) is 24.6 Å². The van der Waals surface area contributed by atoms with Crippen molar-refractivity contribution in [3.05, 3.63) is 46.5 Å². The first-order chi connectivity index (χ1) is 9.15. The van der Waals surface area contributed by atoms with Crippen LogP contribution in [0.3, 0.4) is 0 Å². The van der Waals surface area contributed by atoms with Crippen LogP contribution in [0.15, 0.2) is 35.1 Å². The largest absolute Gasteiger partial charge is 0.362 e.